The van der Waals surface area contributed by atoms with E-state index in [1.54, 1.807) is 60.7 Å². The molecular formula is C39H23BrClF4N. The van der Waals surface area contributed by atoms with E-state index in [9.17, 15) is 18.4 Å². The van der Waals surface area contributed by atoms with Crippen molar-refractivity contribution >= 4 is 27.5 Å². The second-order valence-corrected chi connectivity index (χ2v) is 12.1. The zero-order chi connectivity index (χ0) is 32.6. The van der Waals surface area contributed by atoms with Crippen molar-refractivity contribution in [2.45, 2.75) is 13.1 Å². The molecule has 0 unspecified atom stereocenters. The smallest absolute Gasteiger partial charge is 0.206 e. The molecule has 0 aromatic heterocycles. The fourth-order valence-corrected chi connectivity index (χ4v) is 6.48. The van der Waals surface area contributed by atoms with Gasteiger partial charge in [0.05, 0.1) is 17.2 Å². The van der Waals surface area contributed by atoms with Gasteiger partial charge in [0.15, 0.2) is 0 Å². The van der Waals surface area contributed by atoms with E-state index in [0.29, 0.717) is 32.8 Å². The lowest BCUT2D eigenvalue weighted by atomic mass is 9.91. The van der Waals surface area contributed by atoms with Gasteiger partial charge in [-0.1, -0.05) is 112 Å². The lowest BCUT2D eigenvalue weighted by Crippen LogP contribution is -2.06. The summed E-state index contributed by atoms with van der Waals surface area (Å²) in [6, 6.07) is 36.3. The molecule has 0 bridgehead atoms. The molecule has 0 fully saturated rings. The van der Waals surface area contributed by atoms with Crippen LogP contribution >= 0.6 is 27.5 Å². The lowest BCUT2D eigenvalue weighted by molar-refractivity contribution is -0.137. The molecule has 0 N–H and O–H groups in total. The predicted octanol–water partition coefficient (Wildman–Crippen LogP) is 12.8. The minimum Gasteiger partial charge on any atom is -0.206 e. The summed E-state index contributed by atoms with van der Waals surface area (Å²) in [4.78, 5) is 0. The van der Waals surface area contributed by atoms with Crippen LogP contribution in [-0.4, -0.2) is 0 Å². The Morgan fingerprint density at radius 3 is 1.83 bits per heavy atom. The van der Waals surface area contributed by atoms with Gasteiger partial charge in [0, 0.05) is 15.1 Å². The zero-order valence-corrected chi connectivity index (χ0v) is 26.6. The molecule has 0 heterocycles. The number of nitriles is 1. The van der Waals surface area contributed by atoms with Crippen molar-refractivity contribution in [2.24, 2.45) is 0 Å². The van der Waals surface area contributed by atoms with Gasteiger partial charge in [-0.05, 0) is 99.0 Å². The highest BCUT2D eigenvalue weighted by Gasteiger charge is 2.33. The van der Waals surface area contributed by atoms with E-state index in [1.807, 2.05) is 43.3 Å². The third-order valence-electron chi connectivity index (χ3n) is 7.92. The lowest BCUT2D eigenvalue weighted by Gasteiger charge is -2.15. The first kappa shape index (κ1) is 31.3. The van der Waals surface area contributed by atoms with E-state index in [0.717, 1.165) is 43.9 Å². The molecular weight excluding hydrogens is 674 g/mol. The number of nitrogens with zero attached hydrogens (tertiary/aromatic N) is 1. The maximum atomic E-state index is 15.2. The number of benzene rings is 6. The highest BCUT2D eigenvalue weighted by Crippen LogP contribution is 2.40. The number of rotatable bonds is 5. The molecule has 0 spiro atoms. The van der Waals surface area contributed by atoms with Crippen LogP contribution in [0.5, 0.6) is 0 Å². The molecule has 6 aromatic rings. The summed E-state index contributed by atoms with van der Waals surface area (Å²) in [5, 5.41) is 10.6. The van der Waals surface area contributed by atoms with Gasteiger partial charge >= 0.3 is 6.18 Å². The second kappa shape index (κ2) is 12.6. The number of hydrogen-bond acceptors (Lipinski definition) is 1. The molecule has 226 valence electrons. The van der Waals surface area contributed by atoms with Gasteiger partial charge in [-0.2, -0.15) is 18.4 Å². The Balaban J connectivity index is 1.30. The third kappa shape index (κ3) is 6.22. The van der Waals surface area contributed by atoms with E-state index in [1.165, 1.54) is 18.2 Å². The van der Waals surface area contributed by atoms with Crippen molar-refractivity contribution in [3.05, 3.63) is 153 Å². The van der Waals surface area contributed by atoms with Gasteiger partial charge in [-0.3, -0.25) is 0 Å². The van der Waals surface area contributed by atoms with Crippen molar-refractivity contribution in [1.29, 1.82) is 5.26 Å². The summed E-state index contributed by atoms with van der Waals surface area (Å²) in [5.74, 6) is -0.369. The van der Waals surface area contributed by atoms with E-state index in [-0.39, 0.29) is 11.4 Å². The van der Waals surface area contributed by atoms with Crippen LogP contribution < -0.4 is 0 Å². The highest BCUT2D eigenvalue weighted by molar-refractivity contribution is 9.10. The van der Waals surface area contributed by atoms with Crippen LogP contribution in [0.4, 0.5) is 17.6 Å². The van der Waals surface area contributed by atoms with Crippen LogP contribution in [-0.2, 0) is 6.18 Å². The van der Waals surface area contributed by atoms with Crippen LogP contribution in [0.15, 0.2) is 126 Å². The predicted molar refractivity (Wildman–Crippen MR) is 181 cm³/mol. The molecule has 0 amide bonds. The zero-order valence-electron chi connectivity index (χ0n) is 24.3. The van der Waals surface area contributed by atoms with Gasteiger partial charge in [-0.15, -0.1) is 0 Å². The number of alkyl halides is 3. The Morgan fingerprint density at radius 1 is 0.609 bits per heavy atom. The molecule has 0 aliphatic rings. The molecule has 1 nitrogen and oxygen atoms in total. The molecule has 6 aromatic carbocycles. The van der Waals surface area contributed by atoms with Crippen LogP contribution in [0.25, 0.3) is 55.6 Å². The Hall–Kier alpha value is -4.70. The van der Waals surface area contributed by atoms with E-state index < -0.39 is 11.7 Å². The van der Waals surface area contributed by atoms with Gasteiger partial charge in [0.25, 0.3) is 0 Å². The standard InChI is InChI=1S/C39H23BrClF4N/c1-23-17-25(33-7-2-3-8-36(33)39(43,44)45)9-13-31(23)26-10-14-32(29(18-26)22-46)27-11-15-34(37(40)20-27)28-12-16-35(38(42)21-28)24-5-4-6-30(41)19-24/h2-21H,1H3. The average Bonchev–Trinajstić information content (AvgIpc) is 3.04. The van der Waals surface area contributed by atoms with Crippen LogP contribution in [0.3, 0.4) is 0 Å². The number of hydrogen-bond donors (Lipinski definition) is 0. The third-order valence-corrected chi connectivity index (χ3v) is 8.81. The highest BCUT2D eigenvalue weighted by atomic mass is 79.9. The monoisotopic (exact) mass is 695 g/mol. The second-order valence-electron chi connectivity index (χ2n) is 10.8. The number of halogens is 6. The van der Waals surface area contributed by atoms with Crippen molar-refractivity contribution in [2.75, 3.05) is 0 Å². The summed E-state index contributed by atoms with van der Waals surface area (Å²) in [6.45, 7) is 1.84. The van der Waals surface area contributed by atoms with E-state index in [2.05, 4.69) is 22.0 Å². The molecule has 0 atom stereocenters. The minimum atomic E-state index is -4.47. The van der Waals surface area contributed by atoms with Gasteiger partial charge in [0.1, 0.15) is 5.82 Å². The molecule has 6 rings (SSSR count). The van der Waals surface area contributed by atoms with Crippen molar-refractivity contribution < 1.29 is 17.6 Å². The fourth-order valence-electron chi connectivity index (χ4n) is 5.68. The van der Waals surface area contributed by atoms with Gasteiger partial charge in [0.2, 0.25) is 0 Å². The van der Waals surface area contributed by atoms with Crippen LogP contribution in [0.1, 0.15) is 16.7 Å². The normalized spacial score (nSPS) is 11.3. The number of aryl methyl sites for hydroxylation is 1. The first-order valence-electron chi connectivity index (χ1n) is 14.2. The maximum Gasteiger partial charge on any atom is 0.417 e. The SMILES string of the molecule is Cc1cc(-c2ccccc2C(F)(F)F)ccc1-c1ccc(-c2ccc(-c3ccc(-c4cccc(Cl)c4)c(F)c3)c(Br)c2)c(C#N)c1. The van der Waals surface area contributed by atoms with Crippen molar-refractivity contribution in [3.8, 4) is 61.7 Å². The summed E-state index contributed by atoms with van der Waals surface area (Å²) in [5.41, 5.74) is 6.86. The molecule has 0 radical (unpaired) electrons. The van der Waals surface area contributed by atoms with E-state index >= 15 is 4.39 Å². The molecule has 0 aliphatic carbocycles. The van der Waals surface area contributed by atoms with Gasteiger partial charge < -0.3 is 0 Å². The Kier molecular flexibility index (Phi) is 8.57. The summed E-state index contributed by atoms with van der Waals surface area (Å²) >= 11 is 9.73. The van der Waals surface area contributed by atoms with Gasteiger partial charge in [-0.25, -0.2) is 4.39 Å². The van der Waals surface area contributed by atoms with Crippen molar-refractivity contribution in [3.63, 3.8) is 0 Å². The summed E-state index contributed by atoms with van der Waals surface area (Å²) < 4.78 is 56.8. The molecule has 0 saturated heterocycles. The fraction of sp³-hybridized carbons (Fsp3) is 0.0513. The largest absolute Gasteiger partial charge is 0.417 e. The Morgan fingerprint density at radius 2 is 1.20 bits per heavy atom. The summed E-state index contributed by atoms with van der Waals surface area (Å²) in [6.07, 6.45) is -4.47. The van der Waals surface area contributed by atoms with Crippen LogP contribution in [0, 0.1) is 24.1 Å². The summed E-state index contributed by atoms with van der Waals surface area (Å²) in [7, 11) is 0. The quantitative estimate of drug-likeness (QED) is 0.165. The molecule has 0 saturated carbocycles. The Bertz CT molecular complexity index is 2160. The van der Waals surface area contributed by atoms with Crippen LogP contribution in [0.2, 0.25) is 5.02 Å². The van der Waals surface area contributed by atoms with E-state index in [4.69, 9.17) is 11.6 Å². The maximum absolute atomic E-state index is 15.2. The first-order valence-corrected chi connectivity index (χ1v) is 15.4. The van der Waals surface area contributed by atoms with Crippen molar-refractivity contribution in [1.82, 2.24) is 0 Å². The Labute approximate surface area is 277 Å². The molecule has 46 heavy (non-hydrogen) atoms. The topological polar surface area (TPSA) is 23.8 Å². The molecule has 7 heteroatoms. The average molecular weight is 697 g/mol. The molecule has 0 aliphatic heterocycles. The first-order chi connectivity index (χ1) is 22.0. The minimum absolute atomic E-state index is 0.117.